The standard InChI is InChI=1S/C9H10N2O4/c10-7-3-1-2-6(4-7)9(14)11-15-5-8(12)13/h1-4H,5,10H2,(H,11,14)(H,12,13). The van der Waals surface area contributed by atoms with Crippen LogP contribution < -0.4 is 11.2 Å². The molecule has 6 nitrogen and oxygen atoms in total. The van der Waals surface area contributed by atoms with Gasteiger partial charge in [-0.2, -0.15) is 0 Å². The SMILES string of the molecule is Nc1cccc(C(=O)NOCC(=O)O)c1. The molecule has 0 spiro atoms. The van der Waals surface area contributed by atoms with Crippen LogP contribution >= 0.6 is 0 Å². The summed E-state index contributed by atoms with van der Waals surface area (Å²) in [7, 11) is 0. The van der Waals surface area contributed by atoms with Gasteiger partial charge in [0.1, 0.15) is 0 Å². The summed E-state index contributed by atoms with van der Waals surface area (Å²) in [4.78, 5) is 25.8. The Morgan fingerprint density at radius 3 is 2.80 bits per heavy atom. The highest BCUT2D eigenvalue weighted by atomic mass is 16.7. The van der Waals surface area contributed by atoms with Crippen molar-refractivity contribution < 1.29 is 19.5 Å². The summed E-state index contributed by atoms with van der Waals surface area (Å²) in [5, 5.41) is 8.24. The summed E-state index contributed by atoms with van der Waals surface area (Å²) in [6.45, 7) is -0.589. The van der Waals surface area contributed by atoms with Crippen LogP contribution in [0.4, 0.5) is 5.69 Å². The molecule has 0 fully saturated rings. The second kappa shape index (κ2) is 4.97. The van der Waals surface area contributed by atoms with E-state index in [1.807, 2.05) is 5.48 Å². The first kappa shape index (κ1) is 11.0. The third kappa shape index (κ3) is 3.65. The van der Waals surface area contributed by atoms with Crippen molar-refractivity contribution in [1.29, 1.82) is 0 Å². The first-order valence-corrected chi connectivity index (χ1v) is 4.09. The topological polar surface area (TPSA) is 102 Å². The second-order valence-electron chi connectivity index (χ2n) is 2.74. The van der Waals surface area contributed by atoms with Crippen molar-refractivity contribution in [2.75, 3.05) is 12.3 Å². The molecule has 4 N–H and O–H groups in total. The van der Waals surface area contributed by atoms with E-state index in [9.17, 15) is 9.59 Å². The zero-order valence-corrected chi connectivity index (χ0v) is 7.77. The van der Waals surface area contributed by atoms with Crippen molar-refractivity contribution >= 4 is 17.6 Å². The van der Waals surface area contributed by atoms with Gasteiger partial charge in [0, 0.05) is 11.3 Å². The highest BCUT2D eigenvalue weighted by Crippen LogP contribution is 2.05. The molecular weight excluding hydrogens is 200 g/mol. The summed E-state index contributed by atoms with van der Waals surface area (Å²) >= 11 is 0. The lowest BCUT2D eigenvalue weighted by molar-refractivity contribution is -0.144. The Morgan fingerprint density at radius 2 is 2.20 bits per heavy atom. The van der Waals surface area contributed by atoms with Crippen molar-refractivity contribution in [3.63, 3.8) is 0 Å². The maximum absolute atomic E-state index is 11.3. The van der Waals surface area contributed by atoms with E-state index in [0.717, 1.165) is 0 Å². The van der Waals surface area contributed by atoms with E-state index in [1.165, 1.54) is 12.1 Å². The van der Waals surface area contributed by atoms with Crippen LogP contribution in [-0.2, 0) is 9.63 Å². The van der Waals surface area contributed by atoms with Gasteiger partial charge in [-0.1, -0.05) is 6.07 Å². The van der Waals surface area contributed by atoms with E-state index in [4.69, 9.17) is 10.8 Å². The second-order valence-corrected chi connectivity index (χ2v) is 2.74. The zero-order chi connectivity index (χ0) is 11.3. The minimum Gasteiger partial charge on any atom is -0.479 e. The van der Waals surface area contributed by atoms with E-state index < -0.39 is 18.5 Å². The number of benzene rings is 1. The van der Waals surface area contributed by atoms with Crippen LogP contribution in [0, 0.1) is 0 Å². The molecule has 0 saturated heterocycles. The Labute approximate surface area is 85.6 Å². The van der Waals surface area contributed by atoms with Gasteiger partial charge in [-0.3, -0.25) is 9.63 Å². The number of carbonyl (C=O) groups is 2. The molecule has 0 atom stereocenters. The first-order valence-electron chi connectivity index (χ1n) is 4.09. The fraction of sp³-hybridized carbons (Fsp3) is 0.111. The molecule has 0 aliphatic carbocycles. The highest BCUT2D eigenvalue weighted by Gasteiger charge is 2.06. The third-order valence-corrected chi connectivity index (χ3v) is 1.51. The number of carbonyl (C=O) groups excluding carboxylic acids is 1. The number of rotatable bonds is 4. The Bertz CT molecular complexity index is 378. The first-order chi connectivity index (χ1) is 7.09. The molecule has 1 aromatic carbocycles. The maximum Gasteiger partial charge on any atom is 0.332 e. The molecule has 15 heavy (non-hydrogen) atoms. The Balaban J connectivity index is 2.50. The average molecular weight is 210 g/mol. The summed E-state index contributed by atoms with van der Waals surface area (Å²) in [6, 6.07) is 6.24. The van der Waals surface area contributed by atoms with E-state index in [0.29, 0.717) is 11.3 Å². The van der Waals surface area contributed by atoms with Gasteiger partial charge in [-0.15, -0.1) is 0 Å². The summed E-state index contributed by atoms with van der Waals surface area (Å²) < 4.78 is 0. The quantitative estimate of drug-likeness (QED) is 0.480. The molecule has 0 heterocycles. The van der Waals surface area contributed by atoms with Gasteiger partial charge in [0.05, 0.1) is 0 Å². The Kier molecular flexibility index (Phi) is 3.64. The highest BCUT2D eigenvalue weighted by molar-refractivity contribution is 5.94. The van der Waals surface area contributed by atoms with Crippen molar-refractivity contribution in [3.05, 3.63) is 29.8 Å². The van der Waals surface area contributed by atoms with Gasteiger partial charge in [0.15, 0.2) is 6.61 Å². The number of aliphatic carboxylic acids is 1. The molecule has 0 radical (unpaired) electrons. The van der Waals surface area contributed by atoms with Crippen molar-refractivity contribution in [3.8, 4) is 0 Å². The van der Waals surface area contributed by atoms with Crippen LogP contribution in [0.5, 0.6) is 0 Å². The number of nitrogens with one attached hydrogen (secondary N) is 1. The fourth-order valence-electron chi connectivity index (χ4n) is 0.902. The van der Waals surface area contributed by atoms with Gasteiger partial charge in [0.25, 0.3) is 5.91 Å². The lowest BCUT2D eigenvalue weighted by Gasteiger charge is -2.03. The van der Waals surface area contributed by atoms with Gasteiger partial charge in [-0.05, 0) is 18.2 Å². The predicted molar refractivity (Wildman–Crippen MR) is 51.9 cm³/mol. The number of carboxylic acids is 1. The number of carboxylic acid groups (broad SMARTS) is 1. The van der Waals surface area contributed by atoms with E-state index in [-0.39, 0.29) is 0 Å². The molecule has 0 unspecified atom stereocenters. The molecular formula is C9H10N2O4. The van der Waals surface area contributed by atoms with Crippen LogP contribution in [0.3, 0.4) is 0 Å². The van der Waals surface area contributed by atoms with Crippen molar-refractivity contribution in [1.82, 2.24) is 5.48 Å². The molecule has 0 aromatic heterocycles. The zero-order valence-electron chi connectivity index (χ0n) is 7.77. The minimum absolute atomic E-state index is 0.306. The molecule has 0 saturated carbocycles. The van der Waals surface area contributed by atoms with Gasteiger partial charge < -0.3 is 10.8 Å². The van der Waals surface area contributed by atoms with Crippen LogP contribution in [0.15, 0.2) is 24.3 Å². The number of nitrogens with two attached hydrogens (primary N) is 1. The van der Waals surface area contributed by atoms with Gasteiger partial charge >= 0.3 is 5.97 Å². The summed E-state index contributed by atoms with van der Waals surface area (Å²) in [5.41, 5.74) is 8.19. The lowest BCUT2D eigenvalue weighted by Crippen LogP contribution is -2.26. The van der Waals surface area contributed by atoms with Crippen LogP contribution in [0.1, 0.15) is 10.4 Å². The van der Waals surface area contributed by atoms with Gasteiger partial charge in [0.2, 0.25) is 0 Å². The molecule has 0 bridgehead atoms. The largest absolute Gasteiger partial charge is 0.479 e. The minimum atomic E-state index is -1.16. The lowest BCUT2D eigenvalue weighted by atomic mass is 10.2. The normalized spacial score (nSPS) is 9.60. The smallest absolute Gasteiger partial charge is 0.332 e. The maximum atomic E-state index is 11.3. The predicted octanol–water partition coefficient (Wildman–Crippen LogP) is 0.0148. The summed E-state index contributed by atoms with van der Waals surface area (Å²) in [6.07, 6.45) is 0. The van der Waals surface area contributed by atoms with Crippen LogP contribution in [0.2, 0.25) is 0 Å². The third-order valence-electron chi connectivity index (χ3n) is 1.51. The number of nitrogen functional groups attached to an aromatic ring is 1. The number of amides is 1. The number of anilines is 1. The van der Waals surface area contributed by atoms with Crippen LogP contribution in [0.25, 0.3) is 0 Å². The molecule has 1 amide bonds. The molecule has 6 heteroatoms. The molecule has 1 aromatic rings. The number of hydrogen-bond donors (Lipinski definition) is 3. The number of hydrogen-bond acceptors (Lipinski definition) is 4. The Hall–Kier alpha value is -2.08. The van der Waals surface area contributed by atoms with Gasteiger partial charge in [-0.25, -0.2) is 10.3 Å². The van der Waals surface area contributed by atoms with Crippen molar-refractivity contribution in [2.45, 2.75) is 0 Å². The molecule has 80 valence electrons. The molecule has 0 aliphatic heterocycles. The monoisotopic (exact) mass is 210 g/mol. The van der Waals surface area contributed by atoms with Crippen LogP contribution in [-0.4, -0.2) is 23.6 Å². The Morgan fingerprint density at radius 1 is 1.47 bits per heavy atom. The molecule has 0 aliphatic rings. The summed E-state index contributed by atoms with van der Waals surface area (Å²) in [5.74, 6) is -1.70. The molecule has 1 rings (SSSR count). The fourth-order valence-corrected chi connectivity index (χ4v) is 0.902. The van der Waals surface area contributed by atoms with E-state index in [1.54, 1.807) is 12.1 Å². The number of hydroxylamine groups is 1. The van der Waals surface area contributed by atoms with E-state index in [2.05, 4.69) is 4.84 Å². The van der Waals surface area contributed by atoms with Crippen molar-refractivity contribution in [2.24, 2.45) is 0 Å². The average Bonchev–Trinajstić information content (AvgIpc) is 2.17. The van der Waals surface area contributed by atoms with E-state index >= 15 is 0 Å².